The molecule has 1 aromatic heterocycles. The average molecular weight is 384 g/mol. The first-order valence-corrected chi connectivity index (χ1v) is 9.56. The molecule has 28 heavy (non-hydrogen) atoms. The van der Waals surface area contributed by atoms with Crippen molar-refractivity contribution in [3.63, 3.8) is 0 Å². The lowest BCUT2D eigenvalue weighted by Gasteiger charge is -2.23. The van der Waals surface area contributed by atoms with Crippen molar-refractivity contribution in [1.29, 1.82) is 0 Å². The van der Waals surface area contributed by atoms with Gasteiger partial charge in [-0.05, 0) is 55.4 Å². The molecule has 7 heteroatoms. The van der Waals surface area contributed by atoms with Crippen LogP contribution in [0.25, 0.3) is 0 Å². The van der Waals surface area contributed by atoms with Gasteiger partial charge in [-0.25, -0.2) is 13.8 Å². The molecule has 2 aliphatic rings. The van der Waals surface area contributed by atoms with Gasteiger partial charge in [-0.15, -0.1) is 0 Å². The maximum absolute atomic E-state index is 13.5. The van der Waals surface area contributed by atoms with Crippen LogP contribution in [0.15, 0.2) is 41.6 Å². The topological polar surface area (TPSA) is 50.5 Å². The van der Waals surface area contributed by atoms with Gasteiger partial charge in [0, 0.05) is 37.0 Å². The van der Waals surface area contributed by atoms with Crippen LogP contribution in [-0.4, -0.2) is 26.9 Å². The monoisotopic (exact) mass is 384 g/mol. The molecule has 0 radical (unpaired) electrons. The van der Waals surface area contributed by atoms with Gasteiger partial charge < -0.3 is 0 Å². The number of amides is 1. The molecule has 1 atom stereocenters. The second kappa shape index (κ2) is 7.66. The van der Waals surface area contributed by atoms with E-state index < -0.39 is 17.7 Å². The smallest absolute Gasteiger partial charge is 0.269 e. The quantitative estimate of drug-likeness (QED) is 0.708. The molecular weight excluding hydrogens is 362 g/mol. The van der Waals surface area contributed by atoms with Crippen molar-refractivity contribution in [2.75, 3.05) is 0 Å². The largest absolute Gasteiger partial charge is 0.272 e. The first kappa shape index (κ1) is 18.5. The molecule has 1 amide bonds. The minimum absolute atomic E-state index is 0.314. The van der Waals surface area contributed by atoms with Crippen LogP contribution in [0.3, 0.4) is 0 Å². The number of fused-ring (bicyclic) bond motifs is 1. The summed E-state index contributed by atoms with van der Waals surface area (Å²) in [7, 11) is 0. The van der Waals surface area contributed by atoms with Gasteiger partial charge in [-0.3, -0.25) is 9.48 Å². The van der Waals surface area contributed by atoms with Crippen molar-refractivity contribution in [2.24, 2.45) is 5.10 Å². The molecule has 0 saturated carbocycles. The number of rotatable bonds is 6. The van der Waals surface area contributed by atoms with Crippen LogP contribution in [0.4, 0.5) is 8.78 Å². The lowest BCUT2D eigenvalue weighted by Crippen LogP contribution is -2.28. The zero-order valence-electron chi connectivity index (χ0n) is 15.6. The van der Waals surface area contributed by atoms with Gasteiger partial charge in [0.15, 0.2) is 0 Å². The van der Waals surface area contributed by atoms with Crippen LogP contribution in [0.1, 0.15) is 48.5 Å². The average Bonchev–Trinajstić information content (AvgIpc) is 3.35. The van der Waals surface area contributed by atoms with Gasteiger partial charge >= 0.3 is 0 Å². The number of nitrogens with zero attached hydrogens (tertiary/aromatic N) is 4. The highest BCUT2D eigenvalue weighted by Gasteiger charge is 2.30. The minimum Gasteiger partial charge on any atom is -0.272 e. The highest BCUT2D eigenvalue weighted by molar-refractivity contribution is 5.94. The maximum atomic E-state index is 13.5. The Morgan fingerprint density at radius 3 is 2.75 bits per heavy atom. The van der Waals surface area contributed by atoms with Crippen molar-refractivity contribution in [3.05, 3.63) is 65.0 Å². The molecule has 5 nitrogen and oxygen atoms in total. The standard InChI is InChI=1S/C21H22F2N4O/c1-14(4-3-9-26-13-15-5-2-6-19(15)25-26)21(28)27-20(7-8-24-27)16-10-17(22)12-18(23)11-16/h8,10-13,20H,1-7,9H2. The zero-order valence-corrected chi connectivity index (χ0v) is 15.6. The van der Waals surface area contributed by atoms with Crippen LogP contribution in [0.2, 0.25) is 0 Å². The Labute approximate surface area is 162 Å². The SMILES string of the molecule is C=C(CCCn1cc2c(n1)CCC2)C(=O)N1N=CCC1c1cc(F)cc(F)c1. The van der Waals surface area contributed by atoms with Crippen LogP contribution in [0.5, 0.6) is 0 Å². The summed E-state index contributed by atoms with van der Waals surface area (Å²) in [6.45, 7) is 4.62. The zero-order chi connectivity index (χ0) is 19.7. The van der Waals surface area contributed by atoms with Crippen molar-refractivity contribution in [3.8, 4) is 0 Å². The molecule has 146 valence electrons. The lowest BCUT2D eigenvalue weighted by atomic mass is 10.0. The van der Waals surface area contributed by atoms with Crippen LogP contribution in [0, 0.1) is 11.6 Å². The molecule has 0 saturated heterocycles. The summed E-state index contributed by atoms with van der Waals surface area (Å²) >= 11 is 0. The number of hydrogen-bond donors (Lipinski definition) is 0. The highest BCUT2D eigenvalue weighted by Crippen LogP contribution is 2.31. The Hall–Kier alpha value is -2.83. The van der Waals surface area contributed by atoms with Gasteiger partial charge in [0.05, 0.1) is 11.7 Å². The number of aryl methyl sites for hydroxylation is 3. The van der Waals surface area contributed by atoms with E-state index in [1.165, 1.54) is 34.8 Å². The summed E-state index contributed by atoms with van der Waals surface area (Å²) in [5.41, 5.74) is 3.33. The summed E-state index contributed by atoms with van der Waals surface area (Å²) in [6.07, 6.45) is 8.66. The van der Waals surface area contributed by atoms with Crippen LogP contribution >= 0.6 is 0 Å². The van der Waals surface area contributed by atoms with E-state index >= 15 is 0 Å². The summed E-state index contributed by atoms with van der Waals surface area (Å²) in [4.78, 5) is 12.8. The number of aromatic nitrogens is 2. The summed E-state index contributed by atoms with van der Waals surface area (Å²) in [5, 5.41) is 9.96. The van der Waals surface area contributed by atoms with E-state index in [0.717, 1.165) is 31.9 Å². The molecule has 2 aromatic rings. The van der Waals surface area contributed by atoms with E-state index in [1.807, 2.05) is 4.68 Å². The minimum atomic E-state index is -0.667. The third-order valence-corrected chi connectivity index (χ3v) is 5.26. The van der Waals surface area contributed by atoms with Crippen LogP contribution in [-0.2, 0) is 24.2 Å². The van der Waals surface area contributed by atoms with E-state index in [-0.39, 0.29) is 5.91 Å². The van der Waals surface area contributed by atoms with Gasteiger partial charge in [0.25, 0.3) is 5.91 Å². The van der Waals surface area contributed by atoms with Crippen molar-refractivity contribution < 1.29 is 13.6 Å². The van der Waals surface area contributed by atoms with E-state index in [9.17, 15) is 13.6 Å². The molecule has 0 N–H and O–H groups in total. The first-order valence-electron chi connectivity index (χ1n) is 9.56. The number of carbonyl (C=O) groups excluding carboxylic acids is 1. The lowest BCUT2D eigenvalue weighted by molar-refractivity contribution is -0.129. The Kier molecular flexibility index (Phi) is 5.07. The number of carbonyl (C=O) groups is 1. The van der Waals surface area contributed by atoms with E-state index in [1.54, 1.807) is 6.21 Å². The third-order valence-electron chi connectivity index (χ3n) is 5.26. The molecule has 0 bridgehead atoms. The predicted octanol–water partition coefficient (Wildman–Crippen LogP) is 3.95. The summed E-state index contributed by atoms with van der Waals surface area (Å²) in [6, 6.07) is 2.78. The second-order valence-electron chi connectivity index (χ2n) is 7.33. The van der Waals surface area contributed by atoms with Gasteiger partial charge in [-0.1, -0.05) is 6.58 Å². The fourth-order valence-electron chi connectivity index (χ4n) is 3.86. The maximum Gasteiger partial charge on any atom is 0.269 e. The number of hydrogen-bond acceptors (Lipinski definition) is 3. The number of halogens is 2. The first-order chi connectivity index (χ1) is 13.5. The molecule has 1 aliphatic carbocycles. The fourth-order valence-corrected chi connectivity index (χ4v) is 3.86. The van der Waals surface area contributed by atoms with Crippen molar-refractivity contribution in [1.82, 2.24) is 14.8 Å². The van der Waals surface area contributed by atoms with Crippen molar-refractivity contribution >= 4 is 12.1 Å². The van der Waals surface area contributed by atoms with Gasteiger partial charge in [0.2, 0.25) is 0 Å². The molecule has 1 aromatic carbocycles. The number of benzene rings is 1. The Balaban J connectivity index is 1.35. The summed E-state index contributed by atoms with van der Waals surface area (Å²) < 4.78 is 29.0. The Bertz CT molecular complexity index is 908. The molecule has 4 rings (SSSR count). The Morgan fingerprint density at radius 2 is 2.00 bits per heavy atom. The molecule has 2 heterocycles. The molecular formula is C21H22F2N4O. The number of hydrazone groups is 1. The van der Waals surface area contributed by atoms with E-state index in [2.05, 4.69) is 23.0 Å². The van der Waals surface area contributed by atoms with Crippen LogP contribution < -0.4 is 0 Å². The third kappa shape index (κ3) is 3.74. The van der Waals surface area contributed by atoms with Crippen molar-refractivity contribution in [2.45, 2.75) is 51.1 Å². The highest BCUT2D eigenvalue weighted by atomic mass is 19.1. The van der Waals surface area contributed by atoms with E-state index in [0.29, 0.717) is 24.0 Å². The predicted molar refractivity (Wildman–Crippen MR) is 102 cm³/mol. The Morgan fingerprint density at radius 1 is 1.21 bits per heavy atom. The van der Waals surface area contributed by atoms with Gasteiger partial charge in [-0.2, -0.15) is 10.2 Å². The molecule has 0 spiro atoms. The molecule has 1 aliphatic heterocycles. The molecule has 1 unspecified atom stereocenters. The van der Waals surface area contributed by atoms with E-state index in [4.69, 9.17) is 0 Å². The summed E-state index contributed by atoms with van der Waals surface area (Å²) in [5.74, 6) is -1.65. The second-order valence-corrected chi connectivity index (χ2v) is 7.33. The fraction of sp³-hybridized carbons (Fsp3) is 0.381. The van der Waals surface area contributed by atoms with Gasteiger partial charge in [0.1, 0.15) is 11.6 Å². The normalized spacial score (nSPS) is 17.9. The molecule has 0 fully saturated rings.